The van der Waals surface area contributed by atoms with Crippen LogP contribution in [-0.2, 0) is 10.0 Å². The highest BCUT2D eigenvalue weighted by molar-refractivity contribution is 7.92. The lowest BCUT2D eigenvalue weighted by Gasteiger charge is -2.12. The third-order valence-electron chi connectivity index (χ3n) is 3.40. The summed E-state index contributed by atoms with van der Waals surface area (Å²) in [6.45, 7) is 0. The summed E-state index contributed by atoms with van der Waals surface area (Å²) in [5.74, 6) is -0.865. The fourth-order valence-electron chi connectivity index (χ4n) is 2.25. The lowest BCUT2D eigenvalue weighted by atomic mass is 10.2. The van der Waals surface area contributed by atoms with Crippen molar-refractivity contribution < 1.29 is 17.5 Å². The van der Waals surface area contributed by atoms with Crippen LogP contribution < -0.4 is 9.46 Å². The summed E-state index contributed by atoms with van der Waals surface area (Å²) >= 11 is 5.85. The van der Waals surface area contributed by atoms with Crippen LogP contribution in [0.3, 0.4) is 0 Å². The number of fused-ring (bicyclic) bond motifs is 1. The SMILES string of the molecule is COc1cc(C#N)c(F)cc1NS(=O)(=O)c1[nH]nc2cc(Cl)ccc12. The number of methoxy groups -OCH3 is 1. The Kier molecular flexibility index (Phi) is 4.24. The predicted octanol–water partition coefficient (Wildman–Crippen LogP) is 3.04. The number of anilines is 1. The minimum absolute atomic E-state index is 0.00777. The van der Waals surface area contributed by atoms with E-state index in [1.165, 1.54) is 25.3 Å². The second-order valence-corrected chi connectivity index (χ2v) is 7.02. The lowest BCUT2D eigenvalue weighted by molar-refractivity contribution is 0.415. The van der Waals surface area contributed by atoms with Gasteiger partial charge in [-0.1, -0.05) is 11.6 Å². The Morgan fingerprint density at radius 2 is 2.12 bits per heavy atom. The Balaban J connectivity index is 2.07. The zero-order valence-electron chi connectivity index (χ0n) is 12.7. The molecule has 0 atom stereocenters. The molecule has 10 heteroatoms. The lowest BCUT2D eigenvalue weighted by Crippen LogP contribution is -2.15. The van der Waals surface area contributed by atoms with E-state index in [0.29, 0.717) is 15.9 Å². The van der Waals surface area contributed by atoms with Crippen LogP contribution >= 0.6 is 11.6 Å². The first kappa shape index (κ1) is 17.0. The molecule has 0 saturated carbocycles. The number of ether oxygens (including phenoxy) is 1. The van der Waals surface area contributed by atoms with Gasteiger partial charge in [-0.25, -0.2) is 4.39 Å². The highest BCUT2D eigenvalue weighted by atomic mass is 35.5. The third-order valence-corrected chi connectivity index (χ3v) is 4.98. The average Bonchev–Trinajstić information content (AvgIpc) is 2.98. The molecule has 3 aromatic rings. The Hall–Kier alpha value is -2.83. The highest BCUT2D eigenvalue weighted by Crippen LogP contribution is 2.31. The van der Waals surface area contributed by atoms with E-state index in [4.69, 9.17) is 21.6 Å². The van der Waals surface area contributed by atoms with Gasteiger partial charge in [0, 0.05) is 22.5 Å². The third kappa shape index (κ3) is 3.09. The van der Waals surface area contributed by atoms with Crippen molar-refractivity contribution in [3.63, 3.8) is 0 Å². The van der Waals surface area contributed by atoms with Gasteiger partial charge < -0.3 is 4.74 Å². The van der Waals surface area contributed by atoms with E-state index < -0.39 is 15.8 Å². The van der Waals surface area contributed by atoms with Crippen LogP contribution in [0.5, 0.6) is 5.75 Å². The van der Waals surface area contributed by atoms with E-state index in [-0.39, 0.29) is 22.0 Å². The zero-order chi connectivity index (χ0) is 18.2. The van der Waals surface area contributed by atoms with Crippen LogP contribution in [0.15, 0.2) is 35.4 Å². The first-order valence-corrected chi connectivity index (χ1v) is 8.66. The van der Waals surface area contributed by atoms with Crippen molar-refractivity contribution in [2.75, 3.05) is 11.8 Å². The monoisotopic (exact) mass is 380 g/mol. The predicted molar refractivity (Wildman–Crippen MR) is 89.6 cm³/mol. The zero-order valence-corrected chi connectivity index (χ0v) is 14.2. The van der Waals surface area contributed by atoms with Gasteiger partial charge in [-0.15, -0.1) is 0 Å². The Morgan fingerprint density at radius 3 is 2.80 bits per heavy atom. The number of hydrogen-bond acceptors (Lipinski definition) is 5. The molecule has 0 saturated heterocycles. The number of aromatic nitrogens is 2. The van der Waals surface area contributed by atoms with Gasteiger partial charge in [-0.05, 0) is 18.2 Å². The largest absolute Gasteiger partial charge is 0.495 e. The molecule has 0 aliphatic rings. The van der Waals surface area contributed by atoms with Crippen LogP contribution in [0, 0.1) is 17.1 Å². The number of nitrogens with zero attached hydrogens (tertiary/aromatic N) is 2. The molecule has 2 aromatic carbocycles. The minimum atomic E-state index is -4.12. The maximum absolute atomic E-state index is 13.8. The van der Waals surface area contributed by atoms with Gasteiger partial charge in [0.05, 0.1) is 23.9 Å². The van der Waals surface area contributed by atoms with Crippen LogP contribution in [0.1, 0.15) is 5.56 Å². The molecule has 7 nitrogen and oxygen atoms in total. The second-order valence-electron chi connectivity index (χ2n) is 4.96. The van der Waals surface area contributed by atoms with Gasteiger partial charge in [0.2, 0.25) is 0 Å². The van der Waals surface area contributed by atoms with Gasteiger partial charge in [-0.2, -0.15) is 18.8 Å². The molecular formula is C15H10ClFN4O3S. The number of nitriles is 1. The van der Waals surface area contributed by atoms with E-state index in [2.05, 4.69) is 14.9 Å². The van der Waals surface area contributed by atoms with Gasteiger partial charge in [-0.3, -0.25) is 9.82 Å². The average molecular weight is 381 g/mol. The van der Waals surface area contributed by atoms with E-state index in [1.807, 2.05) is 0 Å². The van der Waals surface area contributed by atoms with Crippen LogP contribution in [0.2, 0.25) is 5.02 Å². The first-order chi connectivity index (χ1) is 11.9. The molecule has 0 bridgehead atoms. The molecule has 0 unspecified atom stereocenters. The first-order valence-electron chi connectivity index (χ1n) is 6.80. The number of nitrogens with one attached hydrogen (secondary N) is 2. The summed E-state index contributed by atoms with van der Waals surface area (Å²) in [5.41, 5.74) is -0.0389. The smallest absolute Gasteiger partial charge is 0.279 e. The summed E-state index contributed by atoms with van der Waals surface area (Å²) in [5, 5.41) is 15.7. The van der Waals surface area contributed by atoms with E-state index in [1.54, 1.807) is 6.07 Å². The number of hydrogen-bond donors (Lipinski definition) is 2. The number of rotatable bonds is 4. The molecule has 0 amide bonds. The number of halogens is 2. The molecule has 2 N–H and O–H groups in total. The number of benzene rings is 2. The molecule has 25 heavy (non-hydrogen) atoms. The van der Waals surface area contributed by atoms with E-state index in [0.717, 1.165) is 12.1 Å². The number of H-pyrrole nitrogens is 1. The van der Waals surface area contributed by atoms with Gasteiger partial charge in [0.15, 0.2) is 5.03 Å². The Labute approximate surface area is 147 Å². The maximum Gasteiger partial charge on any atom is 0.279 e. The second kappa shape index (κ2) is 6.23. The minimum Gasteiger partial charge on any atom is -0.495 e. The molecular weight excluding hydrogens is 371 g/mol. The van der Waals surface area contributed by atoms with E-state index >= 15 is 0 Å². The Bertz CT molecular complexity index is 1120. The van der Waals surface area contributed by atoms with Crippen molar-refractivity contribution in [1.29, 1.82) is 5.26 Å². The molecule has 128 valence electrons. The number of sulfonamides is 1. The van der Waals surface area contributed by atoms with Gasteiger partial charge in [0.1, 0.15) is 17.6 Å². The van der Waals surface area contributed by atoms with Gasteiger partial charge in [0.25, 0.3) is 10.0 Å². The Morgan fingerprint density at radius 1 is 1.36 bits per heavy atom. The summed E-state index contributed by atoms with van der Waals surface area (Å²) in [6, 6.07) is 8.19. The molecule has 3 rings (SSSR count). The van der Waals surface area contributed by atoms with Crippen molar-refractivity contribution >= 4 is 38.2 Å². The van der Waals surface area contributed by atoms with Crippen molar-refractivity contribution in [3.05, 3.63) is 46.7 Å². The molecule has 0 aliphatic heterocycles. The molecule has 0 fully saturated rings. The molecule has 0 radical (unpaired) electrons. The number of aromatic amines is 1. The van der Waals surface area contributed by atoms with Crippen molar-refractivity contribution in [2.45, 2.75) is 5.03 Å². The standard InChI is InChI=1S/C15H10ClFN4O3S/c1-24-14-4-8(7-18)11(17)6-13(14)21-25(22,23)15-10-3-2-9(16)5-12(10)19-20-15/h2-6,21H,1H3,(H,19,20). The quantitative estimate of drug-likeness (QED) is 0.723. The van der Waals surface area contributed by atoms with Crippen molar-refractivity contribution in [2.24, 2.45) is 0 Å². The highest BCUT2D eigenvalue weighted by Gasteiger charge is 2.23. The van der Waals surface area contributed by atoms with Crippen LogP contribution in [-0.4, -0.2) is 25.7 Å². The molecule has 0 spiro atoms. The fraction of sp³-hybridized carbons (Fsp3) is 0.0667. The van der Waals surface area contributed by atoms with Crippen LogP contribution in [0.25, 0.3) is 10.9 Å². The summed E-state index contributed by atoms with van der Waals surface area (Å²) in [4.78, 5) is 0. The fourth-order valence-corrected chi connectivity index (χ4v) is 3.59. The summed E-state index contributed by atoms with van der Waals surface area (Å²) in [7, 11) is -2.84. The topological polar surface area (TPSA) is 108 Å². The maximum atomic E-state index is 13.8. The molecule has 1 aromatic heterocycles. The normalized spacial score (nSPS) is 11.3. The molecule has 1 heterocycles. The van der Waals surface area contributed by atoms with Crippen molar-refractivity contribution in [3.8, 4) is 11.8 Å². The summed E-state index contributed by atoms with van der Waals surface area (Å²) in [6.07, 6.45) is 0. The van der Waals surface area contributed by atoms with Crippen molar-refractivity contribution in [1.82, 2.24) is 10.2 Å². The van der Waals surface area contributed by atoms with Crippen LogP contribution in [0.4, 0.5) is 10.1 Å². The van der Waals surface area contributed by atoms with Gasteiger partial charge >= 0.3 is 0 Å². The van der Waals surface area contributed by atoms with E-state index in [9.17, 15) is 12.8 Å². The summed E-state index contributed by atoms with van der Waals surface area (Å²) < 4.78 is 46.4. The molecule has 0 aliphatic carbocycles.